The van der Waals surface area contributed by atoms with Gasteiger partial charge >= 0.3 is 0 Å². The zero-order chi connectivity index (χ0) is 23.4. The molecular weight excluding hydrogens is 450 g/mol. The fourth-order valence-electron chi connectivity index (χ4n) is 4.14. The molecule has 3 aromatic rings. The van der Waals surface area contributed by atoms with Gasteiger partial charge in [-0.15, -0.1) is 0 Å². The number of aromatic nitrogens is 2. The summed E-state index contributed by atoms with van der Waals surface area (Å²) in [6, 6.07) is 10.0. The molecule has 1 aliphatic rings. The smallest absolute Gasteiger partial charge is 0.243 e. The van der Waals surface area contributed by atoms with Crippen molar-refractivity contribution in [3.8, 4) is 0 Å². The van der Waals surface area contributed by atoms with Gasteiger partial charge in [-0.3, -0.25) is 0 Å². The number of hydrazine groups is 1. The molecular formula is C22H26F2N6O2S. The van der Waals surface area contributed by atoms with E-state index in [0.717, 1.165) is 48.7 Å². The molecule has 1 heterocycles. The number of sulfonamides is 1. The summed E-state index contributed by atoms with van der Waals surface area (Å²) in [6.45, 7) is 0.917. The summed E-state index contributed by atoms with van der Waals surface area (Å²) in [6.07, 6.45) is 3.52. The molecule has 1 fully saturated rings. The van der Waals surface area contributed by atoms with Crippen LogP contribution in [0.2, 0.25) is 0 Å². The van der Waals surface area contributed by atoms with Crippen LogP contribution in [0, 0.1) is 23.5 Å². The lowest BCUT2D eigenvalue weighted by Crippen LogP contribution is -2.32. The Kier molecular flexibility index (Phi) is 7.01. The maximum Gasteiger partial charge on any atom is 0.243 e. The highest BCUT2D eigenvalue weighted by atomic mass is 32.2. The van der Waals surface area contributed by atoms with E-state index in [-0.39, 0.29) is 12.5 Å². The normalized spacial score (nSPS) is 18.9. The van der Waals surface area contributed by atoms with Crippen LogP contribution in [0.4, 0.5) is 20.5 Å². The number of fused-ring (bicyclic) bond motifs is 1. The quantitative estimate of drug-likeness (QED) is 0.290. The van der Waals surface area contributed by atoms with Crippen molar-refractivity contribution >= 4 is 32.7 Å². The van der Waals surface area contributed by atoms with Gasteiger partial charge in [0, 0.05) is 24.5 Å². The van der Waals surface area contributed by atoms with Gasteiger partial charge in [0.2, 0.25) is 16.0 Å². The van der Waals surface area contributed by atoms with Gasteiger partial charge in [0.15, 0.2) is 5.82 Å². The zero-order valence-corrected chi connectivity index (χ0v) is 18.7. The monoisotopic (exact) mass is 476 g/mol. The Balaban J connectivity index is 1.28. The minimum absolute atomic E-state index is 0.157. The molecule has 33 heavy (non-hydrogen) atoms. The van der Waals surface area contributed by atoms with Gasteiger partial charge in [0.05, 0.1) is 5.52 Å². The second-order valence-electron chi connectivity index (χ2n) is 8.25. The number of anilines is 2. The molecule has 0 unspecified atom stereocenters. The molecule has 0 atom stereocenters. The summed E-state index contributed by atoms with van der Waals surface area (Å²) in [5.41, 5.74) is 3.40. The Hall–Kier alpha value is -2.89. The first-order valence-electron chi connectivity index (χ1n) is 10.8. The van der Waals surface area contributed by atoms with Crippen LogP contribution in [0.25, 0.3) is 10.9 Å². The number of hydrogen-bond donors (Lipinski definition) is 4. The minimum Gasteiger partial charge on any atom is -0.354 e. The van der Waals surface area contributed by atoms with Gasteiger partial charge in [-0.1, -0.05) is 12.1 Å². The molecule has 4 rings (SSSR count). The molecule has 1 saturated carbocycles. The van der Waals surface area contributed by atoms with Crippen LogP contribution in [0.5, 0.6) is 0 Å². The number of hydrogen-bond acceptors (Lipinski definition) is 7. The molecule has 0 amide bonds. The van der Waals surface area contributed by atoms with Crippen LogP contribution in [0.15, 0.2) is 47.4 Å². The number of nitrogens with zero attached hydrogens (tertiary/aromatic N) is 2. The fourth-order valence-corrected chi connectivity index (χ4v) is 5.31. The van der Waals surface area contributed by atoms with Gasteiger partial charge in [-0.05, 0) is 61.8 Å². The molecule has 0 aliphatic heterocycles. The van der Waals surface area contributed by atoms with E-state index in [2.05, 4.69) is 25.4 Å². The predicted octanol–water partition coefficient (Wildman–Crippen LogP) is 3.39. The van der Waals surface area contributed by atoms with Crippen molar-refractivity contribution in [1.82, 2.24) is 14.7 Å². The third-order valence-electron chi connectivity index (χ3n) is 6.00. The van der Waals surface area contributed by atoms with E-state index in [9.17, 15) is 17.2 Å². The molecule has 0 spiro atoms. The highest BCUT2D eigenvalue weighted by Gasteiger charge is 2.25. The number of nitrogen functional groups attached to an aromatic ring is 1. The third kappa shape index (κ3) is 5.55. The van der Waals surface area contributed by atoms with Crippen molar-refractivity contribution in [3.63, 3.8) is 0 Å². The standard InChI is InChI=1S/C22H26F2N6O2S/c23-16-9-10-20(18(24)11-16)33(31,32)27-13-15-7-5-14(6-8-15)12-26-22-28-19-4-2-1-3-17(19)21(29-22)30-25/h1-4,9-11,14-15,27H,5-8,12-13,25H2,(H2,26,28,29,30). The third-order valence-corrected chi connectivity index (χ3v) is 7.46. The fraction of sp³-hybridized carbons (Fsp3) is 0.364. The molecule has 1 aromatic heterocycles. The number of nitrogens with two attached hydrogens (primary N) is 1. The topological polar surface area (TPSA) is 122 Å². The Labute approximate surface area is 191 Å². The van der Waals surface area contributed by atoms with Crippen molar-refractivity contribution in [2.45, 2.75) is 30.6 Å². The molecule has 1 aliphatic carbocycles. The van der Waals surface area contributed by atoms with Gasteiger partial charge in [-0.25, -0.2) is 32.7 Å². The summed E-state index contributed by atoms with van der Waals surface area (Å²) < 4.78 is 54.1. The highest BCUT2D eigenvalue weighted by molar-refractivity contribution is 7.89. The van der Waals surface area contributed by atoms with Crippen molar-refractivity contribution in [2.24, 2.45) is 17.7 Å². The zero-order valence-electron chi connectivity index (χ0n) is 17.9. The minimum atomic E-state index is -4.03. The predicted molar refractivity (Wildman–Crippen MR) is 123 cm³/mol. The van der Waals surface area contributed by atoms with E-state index in [1.54, 1.807) is 0 Å². The molecule has 0 bridgehead atoms. The summed E-state index contributed by atoms with van der Waals surface area (Å²) in [5.74, 6) is 5.29. The second-order valence-corrected chi connectivity index (χ2v) is 9.99. The first-order chi connectivity index (χ1) is 15.9. The number of para-hydroxylation sites is 1. The van der Waals surface area contributed by atoms with Crippen molar-refractivity contribution in [3.05, 3.63) is 54.1 Å². The maximum atomic E-state index is 13.8. The Morgan fingerprint density at radius 2 is 1.67 bits per heavy atom. The van der Waals surface area contributed by atoms with E-state index in [4.69, 9.17) is 5.84 Å². The summed E-state index contributed by atoms with van der Waals surface area (Å²) in [5, 5.41) is 4.12. The van der Waals surface area contributed by atoms with Crippen LogP contribution in [0.3, 0.4) is 0 Å². The van der Waals surface area contributed by atoms with Crippen LogP contribution >= 0.6 is 0 Å². The number of rotatable bonds is 8. The van der Waals surface area contributed by atoms with Gasteiger partial charge < -0.3 is 10.7 Å². The SMILES string of the molecule is NNc1nc(NCC2CCC(CNS(=O)(=O)c3ccc(F)cc3F)CC2)nc2ccccc12. The van der Waals surface area contributed by atoms with E-state index < -0.39 is 26.6 Å². The lowest BCUT2D eigenvalue weighted by atomic mass is 9.82. The van der Waals surface area contributed by atoms with Crippen molar-refractivity contribution in [2.75, 3.05) is 23.8 Å². The van der Waals surface area contributed by atoms with Gasteiger partial charge in [0.25, 0.3) is 0 Å². The molecule has 2 aromatic carbocycles. The summed E-state index contributed by atoms with van der Waals surface area (Å²) in [7, 11) is -4.03. The molecule has 8 nitrogen and oxygen atoms in total. The number of benzene rings is 2. The molecule has 0 radical (unpaired) electrons. The van der Waals surface area contributed by atoms with Gasteiger partial charge in [0.1, 0.15) is 16.5 Å². The van der Waals surface area contributed by atoms with E-state index in [1.807, 2.05) is 24.3 Å². The van der Waals surface area contributed by atoms with Crippen LogP contribution in [-0.2, 0) is 10.0 Å². The lowest BCUT2D eigenvalue weighted by molar-refractivity contribution is 0.284. The molecule has 176 valence electrons. The number of halogens is 2. The average Bonchev–Trinajstić information content (AvgIpc) is 2.81. The lowest BCUT2D eigenvalue weighted by Gasteiger charge is -2.28. The van der Waals surface area contributed by atoms with Crippen LogP contribution in [-0.4, -0.2) is 31.5 Å². The Morgan fingerprint density at radius 1 is 0.970 bits per heavy atom. The average molecular weight is 477 g/mol. The second kappa shape index (κ2) is 9.94. The summed E-state index contributed by atoms with van der Waals surface area (Å²) in [4.78, 5) is 8.42. The Bertz CT molecular complexity index is 1230. The molecule has 5 N–H and O–H groups in total. The molecule has 0 saturated heterocycles. The van der Waals surface area contributed by atoms with Crippen molar-refractivity contribution < 1.29 is 17.2 Å². The largest absolute Gasteiger partial charge is 0.354 e. The number of nitrogens with one attached hydrogen (secondary N) is 3. The summed E-state index contributed by atoms with van der Waals surface area (Å²) >= 11 is 0. The highest BCUT2D eigenvalue weighted by Crippen LogP contribution is 2.29. The van der Waals surface area contributed by atoms with Gasteiger partial charge in [-0.2, -0.15) is 4.98 Å². The van der Waals surface area contributed by atoms with E-state index in [0.29, 0.717) is 30.3 Å². The van der Waals surface area contributed by atoms with Crippen molar-refractivity contribution in [1.29, 1.82) is 0 Å². The first kappa shape index (κ1) is 23.3. The molecule has 11 heteroatoms. The first-order valence-corrected chi connectivity index (χ1v) is 12.3. The Morgan fingerprint density at radius 3 is 2.36 bits per heavy atom. The van der Waals surface area contributed by atoms with E-state index >= 15 is 0 Å². The van der Waals surface area contributed by atoms with Crippen LogP contribution in [0.1, 0.15) is 25.7 Å². The maximum absolute atomic E-state index is 13.8. The van der Waals surface area contributed by atoms with Crippen LogP contribution < -0.4 is 21.3 Å². The van der Waals surface area contributed by atoms with E-state index in [1.165, 1.54) is 0 Å².